The van der Waals surface area contributed by atoms with Crippen LogP contribution in [0.15, 0.2) is 43.0 Å². The third kappa shape index (κ3) is 1.95. The third-order valence-electron chi connectivity index (χ3n) is 2.74. The summed E-state index contributed by atoms with van der Waals surface area (Å²) in [5, 5.41) is 10.5. The molecular weight excluding hydrogens is 200 g/mol. The van der Waals surface area contributed by atoms with E-state index in [-0.39, 0.29) is 0 Å². The number of benzene rings is 1. The summed E-state index contributed by atoms with van der Waals surface area (Å²) in [7, 11) is 0. The molecule has 0 aliphatic carbocycles. The third-order valence-corrected chi connectivity index (χ3v) is 2.74. The highest BCUT2D eigenvalue weighted by atomic mass is 16.3. The number of hydrogen-bond donors (Lipinski definition) is 1. The normalized spacial score (nSPS) is 14.4. The Labute approximate surface area is 94.8 Å². The van der Waals surface area contributed by atoms with Gasteiger partial charge in [0.05, 0.1) is 0 Å². The average molecular weight is 214 g/mol. The van der Waals surface area contributed by atoms with Crippen LogP contribution in [0.2, 0.25) is 0 Å². The van der Waals surface area contributed by atoms with E-state index in [1.54, 1.807) is 19.3 Å². The lowest BCUT2D eigenvalue weighted by Crippen LogP contribution is -2.23. The van der Waals surface area contributed by atoms with Gasteiger partial charge in [0.1, 0.15) is 11.9 Å². The molecule has 0 bridgehead atoms. The summed E-state index contributed by atoms with van der Waals surface area (Å²) < 4.78 is 0. The molecule has 1 aromatic heterocycles. The molecule has 1 aromatic carbocycles. The van der Waals surface area contributed by atoms with Crippen LogP contribution >= 0.6 is 0 Å². The van der Waals surface area contributed by atoms with E-state index in [1.165, 1.54) is 11.9 Å². The lowest BCUT2D eigenvalue weighted by Gasteiger charge is -2.23. The largest absolute Gasteiger partial charge is 0.381 e. The lowest BCUT2D eigenvalue weighted by atomic mass is 9.90. The Morgan fingerprint density at radius 2 is 1.56 bits per heavy atom. The fourth-order valence-corrected chi connectivity index (χ4v) is 1.60. The van der Waals surface area contributed by atoms with E-state index in [2.05, 4.69) is 9.97 Å². The Kier molecular flexibility index (Phi) is 2.71. The van der Waals surface area contributed by atoms with Gasteiger partial charge >= 0.3 is 0 Å². The molecule has 1 unspecified atom stereocenters. The maximum atomic E-state index is 10.5. The zero-order valence-electron chi connectivity index (χ0n) is 9.38. The summed E-state index contributed by atoms with van der Waals surface area (Å²) in [4.78, 5) is 7.85. The van der Waals surface area contributed by atoms with Gasteiger partial charge in [0.2, 0.25) is 0 Å². The molecule has 1 atom stereocenters. The van der Waals surface area contributed by atoms with Crippen LogP contribution in [0.1, 0.15) is 23.6 Å². The highest BCUT2D eigenvalue weighted by molar-refractivity contribution is 5.33. The molecule has 1 heterocycles. The molecule has 0 spiro atoms. The van der Waals surface area contributed by atoms with Crippen molar-refractivity contribution in [2.75, 3.05) is 0 Å². The van der Waals surface area contributed by atoms with Crippen LogP contribution in [-0.2, 0) is 5.60 Å². The number of nitrogens with zero attached hydrogens (tertiary/aromatic N) is 2. The minimum Gasteiger partial charge on any atom is -0.381 e. The molecule has 82 valence electrons. The summed E-state index contributed by atoms with van der Waals surface area (Å²) >= 11 is 0. The first kappa shape index (κ1) is 10.8. The monoisotopic (exact) mass is 214 g/mol. The van der Waals surface area contributed by atoms with Gasteiger partial charge in [-0.2, -0.15) is 0 Å². The van der Waals surface area contributed by atoms with Crippen molar-refractivity contribution in [1.82, 2.24) is 9.97 Å². The Bertz CT molecular complexity index is 463. The van der Waals surface area contributed by atoms with Crippen molar-refractivity contribution in [3.8, 4) is 0 Å². The maximum Gasteiger partial charge on any atom is 0.115 e. The van der Waals surface area contributed by atoms with Gasteiger partial charge in [0, 0.05) is 18.0 Å². The molecule has 2 aromatic rings. The zero-order chi connectivity index (χ0) is 11.6. The number of aromatic nitrogens is 2. The fraction of sp³-hybridized carbons (Fsp3) is 0.231. The standard InChI is InChI=1S/C13H14N2O/c1-10-3-5-11(6-4-10)13(2,16)12-7-14-9-15-8-12/h3-9,16H,1-2H3. The van der Waals surface area contributed by atoms with Crippen LogP contribution in [0.5, 0.6) is 0 Å². The van der Waals surface area contributed by atoms with Crippen molar-refractivity contribution in [2.45, 2.75) is 19.4 Å². The van der Waals surface area contributed by atoms with Crippen molar-refractivity contribution in [2.24, 2.45) is 0 Å². The highest BCUT2D eigenvalue weighted by Gasteiger charge is 2.25. The number of hydrogen-bond acceptors (Lipinski definition) is 3. The molecule has 2 rings (SSSR count). The molecule has 0 saturated carbocycles. The van der Waals surface area contributed by atoms with E-state index in [0.717, 1.165) is 5.56 Å². The van der Waals surface area contributed by atoms with Crippen molar-refractivity contribution in [3.05, 3.63) is 59.7 Å². The maximum absolute atomic E-state index is 10.5. The summed E-state index contributed by atoms with van der Waals surface area (Å²) in [6.07, 6.45) is 4.72. The van der Waals surface area contributed by atoms with Gasteiger partial charge < -0.3 is 5.11 Å². The number of aliphatic hydroxyl groups is 1. The number of rotatable bonds is 2. The minimum atomic E-state index is -1.05. The van der Waals surface area contributed by atoms with Crippen LogP contribution in [0.4, 0.5) is 0 Å². The van der Waals surface area contributed by atoms with Gasteiger partial charge in [-0.3, -0.25) is 0 Å². The van der Waals surface area contributed by atoms with Crippen LogP contribution in [0.25, 0.3) is 0 Å². The Hall–Kier alpha value is -1.74. The van der Waals surface area contributed by atoms with Crippen molar-refractivity contribution >= 4 is 0 Å². The molecule has 0 fully saturated rings. The van der Waals surface area contributed by atoms with Crippen LogP contribution in [0, 0.1) is 6.92 Å². The molecular formula is C13H14N2O. The Balaban J connectivity index is 2.43. The Morgan fingerprint density at radius 3 is 2.12 bits per heavy atom. The van der Waals surface area contributed by atoms with Gasteiger partial charge in [0.15, 0.2) is 0 Å². The van der Waals surface area contributed by atoms with E-state index in [9.17, 15) is 5.11 Å². The van der Waals surface area contributed by atoms with Crippen LogP contribution < -0.4 is 0 Å². The number of aryl methyl sites for hydroxylation is 1. The van der Waals surface area contributed by atoms with Gasteiger partial charge in [-0.15, -0.1) is 0 Å². The molecule has 1 N–H and O–H groups in total. The molecule has 3 nitrogen and oxygen atoms in total. The van der Waals surface area contributed by atoms with Crippen molar-refractivity contribution in [3.63, 3.8) is 0 Å². The first-order chi connectivity index (χ1) is 7.60. The summed E-state index contributed by atoms with van der Waals surface area (Å²) in [5.74, 6) is 0. The predicted molar refractivity (Wildman–Crippen MR) is 61.9 cm³/mol. The van der Waals surface area contributed by atoms with E-state index < -0.39 is 5.60 Å². The SMILES string of the molecule is Cc1ccc(C(C)(O)c2cncnc2)cc1. The second-order valence-corrected chi connectivity index (χ2v) is 4.07. The quantitative estimate of drug-likeness (QED) is 0.832. The van der Waals surface area contributed by atoms with Crippen molar-refractivity contribution < 1.29 is 5.11 Å². The molecule has 3 heteroatoms. The molecule has 0 saturated heterocycles. The molecule has 0 amide bonds. The summed E-state index contributed by atoms with van der Waals surface area (Å²) in [6.45, 7) is 3.76. The van der Waals surface area contributed by atoms with Crippen molar-refractivity contribution in [1.29, 1.82) is 0 Å². The smallest absolute Gasteiger partial charge is 0.115 e. The van der Waals surface area contributed by atoms with Crippen LogP contribution in [0.3, 0.4) is 0 Å². The van der Waals surface area contributed by atoms with Gasteiger partial charge in [0.25, 0.3) is 0 Å². The second-order valence-electron chi connectivity index (χ2n) is 4.07. The summed E-state index contributed by atoms with van der Waals surface area (Å²) in [5.41, 5.74) is 1.66. The van der Waals surface area contributed by atoms with Gasteiger partial charge in [-0.1, -0.05) is 29.8 Å². The first-order valence-electron chi connectivity index (χ1n) is 5.16. The minimum absolute atomic E-state index is 0.693. The predicted octanol–water partition coefficient (Wildman–Crippen LogP) is 2.04. The first-order valence-corrected chi connectivity index (χ1v) is 5.16. The lowest BCUT2D eigenvalue weighted by molar-refractivity contribution is 0.101. The van der Waals surface area contributed by atoms with Gasteiger partial charge in [-0.05, 0) is 19.4 Å². The molecule has 0 radical (unpaired) electrons. The summed E-state index contributed by atoms with van der Waals surface area (Å²) in [6, 6.07) is 7.80. The fourth-order valence-electron chi connectivity index (χ4n) is 1.60. The van der Waals surface area contributed by atoms with E-state index in [1.807, 2.05) is 31.2 Å². The topological polar surface area (TPSA) is 46.0 Å². The molecule has 0 aliphatic heterocycles. The van der Waals surface area contributed by atoms with E-state index in [0.29, 0.717) is 5.56 Å². The van der Waals surface area contributed by atoms with Crippen LogP contribution in [-0.4, -0.2) is 15.1 Å². The highest BCUT2D eigenvalue weighted by Crippen LogP contribution is 2.27. The molecule has 0 aliphatic rings. The van der Waals surface area contributed by atoms with E-state index in [4.69, 9.17) is 0 Å². The molecule has 16 heavy (non-hydrogen) atoms. The Morgan fingerprint density at radius 1 is 1.00 bits per heavy atom. The average Bonchev–Trinajstić information content (AvgIpc) is 2.31. The van der Waals surface area contributed by atoms with Gasteiger partial charge in [-0.25, -0.2) is 9.97 Å². The second kappa shape index (κ2) is 4.02. The van der Waals surface area contributed by atoms with E-state index >= 15 is 0 Å². The zero-order valence-corrected chi connectivity index (χ0v) is 9.38.